The smallest absolute Gasteiger partial charge is 0.343 e. The molecule has 0 amide bonds. The molecule has 9 heteroatoms. The van der Waals surface area contributed by atoms with Gasteiger partial charge in [-0.05, 0) is 73.5 Å². The maximum atomic E-state index is 12.8. The van der Waals surface area contributed by atoms with Crippen molar-refractivity contribution < 1.29 is 33.5 Å². The Morgan fingerprint density at radius 3 is 1.32 bits per heavy atom. The van der Waals surface area contributed by atoms with Crippen LogP contribution < -0.4 is 18.9 Å². The van der Waals surface area contributed by atoms with Gasteiger partial charge < -0.3 is 18.9 Å². The molecule has 3 aromatic rings. The molecule has 0 heterocycles. The molecule has 53 heavy (non-hydrogen) atoms. The minimum Gasteiger partial charge on any atom is -0.494 e. The van der Waals surface area contributed by atoms with E-state index in [4.69, 9.17) is 18.9 Å². The lowest BCUT2D eigenvalue weighted by atomic mass is 10.1. The molecule has 0 saturated carbocycles. The van der Waals surface area contributed by atoms with Gasteiger partial charge in [-0.2, -0.15) is 0 Å². The van der Waals surface area contributed by atoms with Crippen LogP contribution in [0.25, 0.3) is 0 Å². The van der Waals surface area contributed by atoms with Gasteiger partial charge in [0.1, 0.15) is 17.2 Å². The minimum absolute atomic E-state index is 0.0226. The van der Waals surface area contributed by atoms with Crippen LogP contribution in [0.15, 0.2) is 66.7 Å². The number of unbranched alkanes of at least 4 members (excludes halogenated alkanes) is 18. The monoisotopic (exact) mass is 731 g/mol. The largest absolute Gasteiger partial charge is 0.494 e. The number of rotatable bonds is 29. The number of carbonyl (C=O) groups excluding carboxylic acids is 2. The molecule has 3 rings (SSSR count). The Bertz CT molecular complexity index is 1470. The number of carbonyl (C=O) groups is 2. The first-order chi connectivity index (χ1) is 25.9. The van der Waals surface area contributed by atoms with Gasteiger partial charge in [0.2, 0.25) is 0 Å². The third kappa shape index (κ3) is 17.8. The van der Waals surface area contributed by atoms with Crippen LogP contribution in [0.5, 0.6) is 23.0 Å². The number of nitro benzene ring substituents is 1. The van der Waals surface area contributed by atoms with Gasteiger partial charge in [-0.1, -0.05) is 129 Å². The Balaban J connectivity index is 1.36. The van der Waals surface area contributed by atoms with E-state index in [9.17, 15) is 19.7 Å². The predicted molar refractivity (Wildman–Crippen MR) is 211 cm³/mol. The zero-order chi connectivity index (χ0) is 37.9. The molecule has 0 saturated heterocycles. The summed E-state index contributed by atoms with van der Waals surface area (Å²) < 4.78 is 22.5. The van der Waals surface area contributed by atoms with Crippen molar-refractivity contribution in [3.63, 3.8) is 0 Å². The van der Waals surface area contributed by atoms with Crippen LogP contribution in [0, 0.1) is 10.1 Å². The van der Waals surface area contributed by atoms with Gasteiger partial charge in [-0.3, -0.25) is 10.1 Å². The first-order valence-electron chi connectivity index (χ1n) is 20.1. The third-order valence-electron chi connectivity index (χ3n) is 9.25. The standard InChI is InChI=1S/C44H61NO8/c1-3-5-7-9-11-13-15-17-19-21-33-50-38-26-23-36(24-27-38)43(46)52-39-28-30-40(31-29-39)53-44(47)37-25-32-42(41(35-37)45(48)49)51-34-22-20-18-16-14-12-10-8-6-4-2/h23-32,35H,3-22,33-34H2,1-2H3. The molecule has 0 bridgehead atoms. The molecule has 0 aromatic heterocycles. The Morgan fingerprint density at radius 1 is 0.491 bits per heavy atom. The highest BCUT2D eigenvalue weighted by Crippen LogP contribution is 2.29. The summed E-state index contributed by atoms with van der Waals surface area (Å²) in [5, 5.41) is 11.7. The van der Waals surface area contributed by atoms with Gasteiger partial charge in [-0.25, -0.2) is 9.59 Å². The Morgan fingerprint density at radius 2 is 0.868 bits per heavy atom. The molecule has 0 aliphatic heterocycles. The fourth-order valence-electron chi connectivity index (χ4n) is 6.06. The SMILES string of the molecule is CCCCCCCCCCCCOc1ccc(C(=O)Oc2ccc(OC(=O)c3ccc(OCCCCCCCCCCCC)c([N+](=O)[O-])c3)cc2)cc1. The molecule has 0 radical (unpaired) electrons. The van der Waals surface area contributed by atoms with Crippen LogP contribution in [-0.2, 0) is 0 Å². The summed E-state index contributed by atoms with van der Waals surface area (Å²) in [6.07, 6.45) is 24.5. The maximum absolute atomic E-state index is 12.8. The van der Waals surface area contributed by atoms with Gasteiger partial charge in [0.05, 0.1) is 29.3 Å². The van der Waals surface area contributed by atoms with Crippen molar-refractivity contribution in [1.29, 1.82) is 0 Å². The first-order valence-corrected chi connectivity index (χ1v) is 20.1. The summed E-state index contributed by atoms with van der Waals surface area (Å²) in [6, 6.07) is 16.9. The van der Waals surface area contributed by atoms with E-state index >= 15 is 0 Å². The molecule has 0 aliphatic rings. The molecule has 0 N–H and O–H groups in total. The lowest BCUT2D eigenvalue weighted by Crippen LogP contribution is -2.10. The quantitative estimate of drug-likeness (QED) is 0.0228. The second kappa shape index (κ2) is 26.4. The molecule has 9 nitrogen and oxygen atoms in total. The Hall–Kier alpha value is -4.40. The summed E-state index contributed by atoms with van der Waals surface area (Å²) in [5.41, 5.74) is 0.112. The number of hydrogen-bond donors (Lipinski definition) is 0. The summed E-state index contributed by atoms with van der Waals surface area (Å²) in [4.78, 5) is 36.7. The molecular formula is C44H61NO8. The van der Waals surface area contributed by atoms with Crippen LogP contribution in [0.1, 0.15) is 163 Å². The summed E-state index contributed by atoms with van der Waals surface area (Å²) >= 11 is 0. The Labute approximate surface area is 316 Å². The molecule has 0 aliphatic carbocycles. The number of nitrogens with zero attached hydrogens (tertiary/aromatic N) is 1. The van der Waals surface area contributed by atoms with E-state index in [0.29, 0.717) is 24.5 Å². The van der Waals surface area contributed by atoms with Gasteiger partial charge in [0.15, 0.2) is 5.75 Å². The fourth-order valence-corrected chi connectivity index (χ4v) is 6.06. The van der Waals surface area contributed by atoms with Gasteiger partial charge in [0, 0.05) is 6.07 Å². The lowest BCUT2D eigenvalue weighted by Gasteiger charge is -2.10. The third-order valence-corrected chi connectivity index (χ3v) is 9.25. The van der Waals surface area contributed by atoms with Crippen LogP contribution >= 0.6 is 0 Å². The van der Waals surface area contributed by atoms with E-state index in [-0.39, 0.29) is 28.5 Å². The summed E-state index contributed by atoms with van der Waals surface area (Å²) in [7, 11) is 0. The lowest BCUT2D eigenvalue weighted by molar-refractivity contribution is -0.385. The van der Waals surface area contributed by atoms with Crippen molar-refractivity contribution in [3.8, 4) is 23.0 Å². The average molecular weight is 732 g/mol. The van der Waals surface area contributed by atoms with Crippen molar-refractivity contribution in [2.75, 3.05) is 13.2 Å². The second-order valence-corrected chi connectivity index (χ2v) is 13.8. The zero-order valence-electron chi connectivity index (χ0n) is 32.1. The van der Waals surface area contributed by atoms with E-state index in [1.165, 1.54) is 139 Å². The first kappa shape index (κ1) is 43.0. The summed E-state index contributed by atoms with van der Waals surface area (Å²) in [6.45, 7) is 5.48. The van der Waals surface area contributed by atoms with Crippen molar-refractivity contribution in [2.24, 2.45) is 0 Å². The fraction of sp³-hybridized carbons (Fsp3) is 0.545. The predicted octanol–water partition coefficient (Wildman–Crippen LogP) is 12.6. The highest BCUT2D eigenvalue weighted by molar-refractivity contribution is 5.92. The Kier molecular flexibility index (Phi) is 21.4. The van der Waals surface area contributed by atoms with Crippen LogP contribution in [0.2, 0.25) is 0 Å². The summed E-state index contributed by atoms with van der Waals surface area (Å²) in [5.74, 6) is 0.0206. The molecule has 0 spiro atoms. The van der Waals surface area contributed by atoms with E-state index in [0.717, 1.165) is 32.1 Å². The highest BCUT2D eigenvalue weighted by Gasteiger charge is 2.20. The van der Waals surface area contributed by atoms with E-state index in [1.807, 2.05) is 0 Å². The van der Waals surface area contributed by atoms with Gasteiger partial charge in [0.25, 0.3) is 0 Å². The van der Waals surface area contributed by atoms with E-state index < -0.39 is 16.9 Å². The number of ether oxygens (including phenoxy) is 4. The van der Waals surface area contributed by atoms with E-state index in [1.54, 1.807) is 24.3 Å². The second-order valence-electron chi connectivity index (χ2n) is 13.8. The van der Waals surface area contributed by atoms with Gasteiger partial charge >= 0.3 is 17.6 Å². The van der Waals surface area contributed by atoms with Crippen LogP contribution in [-0.4, -0.2) is 30.1 Å². The normalized spacial score (nSPS) is 10.9. The number of hydrogen-bond acceptors (Lipinski definition) is 8. The van der Waals surface area contributed by atoms with Gasteiger partial charge in [-0.15, -0.1) is 0 Å². The number of nitro groups is 1. The number of esters is 2. The van der Waals surface area contributed by atoms with Crippen molar-refractivity contribution in [2.45, 2.75) is 142 Å². The molecule has 0 unspecified atom stereocenters. The molecule has 3 aromatic carbocycles. The van der Waals surface area contributed by atoms with Crippen LogP contribution in [0.3, 0.4) is 0 Å². The topological polar surface area (TPSA) is 114 Å². The van der Waals surface area contributed by atoms with E-state index in [2.05, 4.69) is 13.8 Å². The average Bonchev–Trinajstić information content (AvgIpc) is 3.17. The maximum Gasteiger partial charge on any atom is 0.343 e. The molecular weight excluding hydrogens is 670 g/mol. The van der Waals surface area contributed by atoms with Crippen molar-refractivity contribution in [3.05, 3.63) is 88.0 Å². The van der Waals surface area contributed by atoms with Crippen molar-refractivity contribution >= 4 is 17.6 Å². The molecule has 290 valence electrons. The highest BCUT2D eigenvalue weighted by atomic mass is 16.6. The van der Waals surface area contributed by atoms with Crippen LogP contribution in [0.4, 0.5) is 5.69 Å². The zero-order valence-corrected chi connectivity index (χ0v) is 32.1. The van der Waals surface area contributed by atoms with Crippen molar-refractivity contribution in [1.82, 2.24) is 0 Å². The minimum atomic E-state index is -0.755. The number of benzene rings is 3. The molecule has 0 fully saturated rings. The molecule has 0 atom stereocenters.